The maximum absolute atomic E-state index is 14.0. The summed E-state index contributed by atoms with van der Waals surface area (Å²) in [6.45, 7) is 1.21. The molecule has 3 rings (SSSR count). The van der Waals surface area contributed by atoms with Gasteiger partial charge in [-0.3, -0.25) is 19.8 Å². The van der Waals surface area contributed by atoms with Crippen LogP contribution in [-0.2, 0) is 4.79 Å². The highest BCUT2D eigenvalue weighted by Gasteiger charge is 2.19. The Kier molecular flexibility index (Phi) is 8.42. The van der Waals surface area contributed by atoms with Gasteiger partial charge in [0.15, 0.2) is 5.13 Å². The SMILES string of the molecule is CN(C)CCCN(C(=O)C=Cc1ccc([N+](=O)[O-])s1)c1nc2c(F)cccc2s1.Cl. The first-order valence-corrected chi connectivity index (χ1v) is 10.4. The molecule has 0 aliphatic rings. The molecule has 0 unspecified atom stereocenters. The molecule has 2 aromatic heterocycles. The highest BCUT2D eigenvalue weighted by atomic mass is 35.5. The van der Waals surface area contributed by atoms with Crippen LogP contribution < -0.4 is 4.90 Å². The van der Waals surface area contributed by atoms with E-state index in [2.05, 4.69) is 4.98 Å². The van der Waals surface area contributed by atoms with Crippen molar-refractivity contribution in [1.82, 2.24) is 9.88 Å². The van der Waals surface area contributed by atoms with Gasteiger partial charge in [-0.05, 0) is 51.3 Å². The van der Waals surface area contributed by atoms with Crippen LogP contribution in [0, 0.1) is 15.9 Å². The fraction of sp³-hybridized carbons (Fsp3) is 0.263. The van der Waals surface area contributed by atoms with Crippen molar-refractivity contribution >= 4 is 67.4 Å². The molecule has 0 saturated heterocycles. The van der Waals surface area contributed by atoms with Crippen LogP contribution in [0.25, 0.3) is 16.3 Å². The average Bonchev–Trinajstić information content (AvgIpc) is 3.31. The van der Waals surface area contributed by atoms with Crippen molar-refractivity contribution in [1.29, 1.82) is 0 Å². The molecule has 0 atom stereocenters. The maximum Gasteiger partial charge on any atom is 0.324 e. The molecule has 30 heavy (non-hydrogen) atoms. The van der Waals surface area contributed by atoms with Gasteiger partial charge in [0.05, 0.1) is 9.62 Å². The molecule has 0 bridgehead atoms. The molecule has 160 valence electrons. The number of thiophene rings is 1. The van der Waals surface area contributed by atoms with E-state index in [9.17, 15) is 19.3 Å². The number of carbonyl (C=O) groups excluding carboxylic acids is 1. The average molecular weight is 471 g/mol. The number of fused-ring (bicyclic) bond motifs is 1. The largest absolute Gasteiger partial charge is 0.324 e. The minimum atomic E-state index is -0.465. The second kappa shape index (κ2) is 10.6. The lowest BCUT2D eigenvalue weighted by atomic mass is 10.3. The van der Waals surface area contributed by atoms with E-state index >= 15 is 0 Å². The molecule has 0 aliphatic carbocycles. The molecular formula is C19H20ClFN4O3S2. The van der Waals surface area contributed by atoms with Crippen molar-refractivity contribution in [3.8, 4) is 0 Å². The summed E-state index contributed by atoms with van der Waals surface area (Å²) in [5.74, 6) is -0.730. The van der Waals surface area contributed by atoms with Gasteiger partial charge >= 0.3 is 5.00 Å². The summed E-state index contributed by atoms with van der Waals surface area (Å²) in [5.41, 5.74) is 0.246. The number of carbonyl (C=O) groups is 1. The van der Waals surface area contributed by atoms with Crippen LogP contribution in [0.15, 0.2) is 36.4 Å². The summed E-state index contributed by atoms with van der Waals surface area (Å²) < 4.78 is 14.7. The van der Waals surface area contributed by atoms with Crippen molar-refractivity contribution in [3.05, 3.63) is 57.2 Å². The number of thiazole rings is 1. The molecule has 2 heterocycles. The van der Waals surface area contributed by atoms with Gasteiger partial charge in [0, 0.05) is 23.6 Å². The second-order valence-electron chi connectivity index (χ2n) is 6.50. The molecule has 0 spiro atoms. The number of rotatable bonds is 8. The van der Waals surface area contributed by atoms with E-state index in [0.717, 1.165) is 24.3 Å². The summed E-state index contributed by atoms with van der Waals surface area (Å²) in [4.78, 5) is 31.7. The topological polar surface area (TPSA) is 79.6 Å². The lowest BCUT2D eigenvalue weighted by Crippen LogP contribution is -2.32. The van der Waals surface area contributed by atoms with E-state index < -0.39 is 10.7 Å². The number of halogens is 2. The van der Waals surface area contributed by atoms with Gasteiger partial charge in [0.1, 0.15) is 11.3 Å². The maximum atomic E-state index is 14.0. The predicted octanol–water partition coefficient (Wildman–Crippen LogP) is 4.83. The Morgan fingerprint density at radius 3 is 2.63 bits per heavy atom. The molecule has 1 aromatic carbocycles. The number of amides is 1. The van der Waals surface area contributed by atoms with Gasteiger partial charge in [-0.2, -0.15) is 0 Å². The van der Waals surface area contributed by atoms with E-state index in [1.165, 1.54) is 34.4 Å². The highest BCUT2D eigenvalue weighted by Crippen LogP contribution is 2.31. The summed E-state index contributed by atoms with van der Waals surface area (Å²) in [7, 11) is 3.89. The van der Waals surface area contributed by atoms with Crippen LogP contribution in [0.3, 0.4) is 0 Å². The zero-order valence-corrected chi connectivity index (χ0v) is 18.7. The Morgan fingerprint density at radius 1 is 1.23 bits per heavy atom. The van der Waals surface area contributed by atoms with E-state index in [-0.39, 0.29) is 28.8 Å². The Balaban J connectivity index is 0.00000320. The van der Waals surface area contributed by atoms with E-state index in [1.807, 2.05) is 19.0 Å². The van der Waals surface area contributed by atoms with Gasteiger partial charge in [0.2, 0.25) is 0 Å². The molecular weight excluding hydrogens is 451 g/mol. The van der Waals surface area contributed by atoms with Crippen molar-refractivity contribution in [3.63, 3.8) is 0 Å². The number of aromatic nitrogens is 1. The first-order valence-electron chi connectivity index (χ1n) is 8.79. The summed E-state index contributed by atoms with van der Waals surface area (Å²) in [5, 5.41) is 11.2. The molecule has 3 aromatic rings. The predicted molar refractivity (Wildman–Crippen MR) is 122 cm³/mol. The molecule has 0 aliphatic heterocycles. The molecule has 0 N–H and O–H groups in total. The zero-order valence-electron chi connectivity index (χ0n) is 16.3. The Hall–Kier alpha value is -2.40. The van der Waals surface area contributed by atoms with E-state index in [0.29, 0.717) is 21.3 Å². The smallest absolute Gasteiger partial charge is 0.309 e. The third-order valence-corrected chi connectivity index (χ3v) is 6.07. The van der Waals surface area contributed by atoms with Crippen LogP contribution >= 0.6 is 35.1 Å². The molecule has 11 heteroatoms. The quantitative estimate of drug-likeness (QED) is 0.268. The number of hydrogen-bond acceptors (Lipinski definition) is 7. The molecule has 1 amide bonds. The zero-order chi connectivity index (χ0) is 21.0. The minimum Gasteiger partial charge on any atom is -0.309 e. The summed E-state index contributed by atoms with van der Waals surface area (Å²) in [6, 6.07) is 7.72. The van der Waals surface area contributed by atoms with Crippen molar-refractivity contribution < 1.29 is 14.1 Å². The fourth-order valence-electron chi connectivity index (χ4n) is 2.64. The lowest BCUT2D eigenvalue weighted by Gasteiger charge is -2.19. The Bertz CT molecular complexity index is 1070. The number of nitrogens with zero attached hydrogens (tertiary/aromatic N) is 4. The Morgan fingerprint density at radius 2 is 2.00 bits per heavy atom. The van der Waals surface area contributed by atoms with Crippen LogP contribution in [0.4, 0.5) is 14.5 Å². The summed E-state index contributed by atoms with van der Waals surface area (Å²) in [6.07, 6.45) is 3.63. The fourth-order valence-corrected chi connectivity index (χ4v) is 4.37. The number of benzene rings is 1. The monoisotopic (exact) mass is 470 g/mol. The van der Waals surface area contributed by atoms with E-state index in [4.69, 9.17) is 0 Å². The van der Waals surface area contributed by atoms with Crippen LogP contribution in [0.5, 0.6) is 0 Å². The first kappa shape index (κ1) is 23.9. The summed E-state index contributed by atoms with van der Waals surface area (Å²) >= 11 is 2.25. The van der Waals surface area contributed by atoms with Gasteiger partial charge in [-0.15, -0.1) is 12.4 Å². The second-order valence-corrected chi connectivity index (χ2v) is 8.60. The molecule has 0 saturated carbocycles. The minimum absolute atomic E-state index is 0. The number of anilines is 1. The van der Waals surface area contributed by atoms with Crippen molar-refractivity contribution in [2.24, 2.45) is 0 Å². The molecule has 0 fully saturated rings. The highest BCUT2D eigenvalue weighted by molar-refractivity contribution is 7.22. The van der Waals surface area contributed by atoms with Crippen molar-refractivity contribution in [2.75, 3.05) is 32.1 Å². The van der Waals surface area contributed by atoms with Crippen molar-refractivity contribution in [2.45, 2.75) is 6.42 Å². The normalized spacial score (nSPS) is 11.2. The lowest BCUT2D eigenvalue weighted by molar-refractivity contribution is -0.380. The Labute approximate surface area is 187 Å². The van der Waals surface area contributed by atoms with E-state index in [1.54, 1.807) is 24.3 Å². The third-order valence-electron chi connectivity index (χ3n) is 4.03. The first-order chi connectivity index (χ1) is 13.8. The molecule has 0 radical (unpaired) electrons. The van der Waals surface area contributed by atoms with Crippen LogP contribution in [-0.4, -0.2) is 47.9 Å². The number of nitro groups is 1. The number of para-hydroxylation sites is 1. The standard InChI is InChI=1S/C19H19FN4O3S2.ClH/c1-22(2)11-4-12-23(19-21-18-14(20)5-3-6-15(18)29-19)16(25)9-7-13-8-10-17(28-13)24(26)27;/h3,5-10H,4,11-12H2,1-2H3;1H. The third kappa shape index (κ3) is 5.82. The van der Waals surface area contributed by atoms with Gasteiger partial charge in [-0.25, -0.2) is 9.37 Å². The van der Waals surface area contributed by atoms with Gasteiger partial charge in [-0.1, -0.05) is 28.7 Å². The molecule has 7 nitrogen and oxygen atoms in total. The van der Waals surface area contributed by atoms with Crippen LogP contribution in [0.1, 0.15) is 11.3 Å². The van der Waals surface area contributed by atoms with Gasteiger partial charge < -0.3 is 4.90 Å². The van der Waals surface area contributed by atoms with Crippen LogP contribution in [0.2, 0.25) is 0 Å². The van der Waals surface area contributed by atoms with Gasteiger partial charge in [0.25, 0.3) is 5.91 Å². The number of hydrogen-bond donors (Lipinski definition) is 0.